The van der Waals surface area contributed by atoms with Crippen LogP contribution < -0.4 is 5.44 Å². The predicted molar refractivity (Wildman–Crippen MR) is 30.4 cm³/mol. The van der Waals surface area contributed by atoms with Gasteiger partial charge >= 0.3 is 0 Å². The van der Waals surface area contributed by atoms with E-state index in [0.29, 0.717) is 5.44 Å². The molecule has 1 heterocycles. The molecule has 1 aromatic rings. The first-order valence-electron chi connectivity index (χ1n) is 2.14. The summed E-state index contributed by atoms with van der Waals surface area (Å²) in [4.78, 5) is 3.77. The number of nitrogens with zero attached hydrogens (tertiary/aromatic N) is 2. The maximum atomic E-state index is 10.0. The molecule has 0 radical (unpaired) electrons. The number of imidazole rings is 1. The SMILES string of the molecule is Cn1cnc(P=O)c1. The third kappa shape index (κ3) is 0.928. The molecule has 0 saturated heterocycles. The molecule has 0 unspecified atom stereocenters. The molecule has 0 atom stereocenters. The first-order valence-corrected chi connectivity index (χ1v) is 2.95. The summed E-state index contributed by atoms with van der Waals surface area (Å²) in [5.74, 6) is 0. The van der Waals surface area contributed by atoms with Gasteiger partial charge in [0.15, 0.2) is 0 Å². The van der Waals surface area contributed by atoms with E-state index in [2.05, 4.69) is 4.98 Å². The second-order valence-corrected chi connectivity index (χ2v) is 2.13. The van der Waals surface area contributed by atoms with Crippen LogP contribution in [-0.4, -0.2) is 9.55 Å². The number of rotatable bonds is 1. The fraction of sp³-hybridized carbons (Fsp3) is 0.250. The number of aryl methyl sites for hydroxylation is 1. The van der Waals surface area contributed by atoms with Gasteiger partial charge in [0.2, 0.25) is 8.46 Å². The van der Waals surface area contributed by atoms with Crippen molar-refractivity contribution in [2.75, 3.05) is 0 Å². The van der Waals surface area contributed by atoms with E-state index in [1.807, 2.05) is 7.05 Å². The van der Waals surface area contributed by atoms with Gasteiger partial charge in [0.1, 0.15) is 5.44 Å². The van der Waals surface area contributed by atoms with Crippen LogP contribution in [0.3, 0.4) is 0 Å². The van der Waals surface area contributed by atoms with E-state index in [4.69, 9.17) is 0 Å². The maximum absolute atomic E-state index is 10.0. The Labute approximate surface area is 48.6 Å². The van der Waals surface area contributed by atoms with Crippen molar-refractivity contribution in [1.82, 2.24) is 9.55 Å². The van der Waals surface area contributed by atoms with Crippen molar-refractivity contribution in [3.05, 3.63) is 12.5 Å². The zero-order chi connectivity index (χ0) is 5.98. The summed E-state index contributed by atoms with van der Waals surface area (Å²) in [6.07, 6.45) is 3.31. The van der Waals surface area contributed by atoms with E-state index in [1.165, 1.54) is 0 Å². The minimum atomic E-state index is -0.0117. The molecule has 0 aliphatic heterocycles. The molecule has 8 heavy (non-hydrogen) atoms. The number of aromatic nitrogens is 2. The smallest absolute Gasteiger partial charge is 0.214 e. The van der Waals surface area contributed by atoms with Crippen molar-refractivity contribution in [2.24, 2.45) is 7.05 Å². The molecule has 42 valence electrons. The fourth-order valence-electron chi connectivity index (χ4n) is 0.446. The Balaban J connectivity index is 3.00. The average molecular weight is 128 g/mol. The third-order valence-electron chi connectivity index (χ3n) is 0.785. The quantitative estimate of drug-likeness (QED) is 0.511. The summed E-state index contributed by atoms with van der Waals surface area (Å²) in [7, 11) is 1.82. The lowest BCUT2D eigenvalue weighted by molar-refractivity contribution is 0.602. The van der Waals surface area contributed by atoms with Crippen LogP contribution >= 0.6 is 8.46 Å². The summed E-state index contributed by atoms with van der Waals surface area (Å²) in [5.41, 5.74) is 0.576. The van der Waals surface area contributed by atoms with Crippen LogP contribution in [0.25, 0.3) is 0 Å². The van der Waals surface area contributed by atoms with Gasteiger partial charge in [0.05, 0.1) is 6.33 Å². The highest BCUT2D eigenvalue weighted by Gasteiger charge is 1.90. The highest BCUT2D eigenvalue weighted by molar-refractivity contribution is 7.33. The monoisotopic (exact) mass is 128 g/mol. The predicted octanol–water partition coefficient (Wildman–Crippen LogP) is 0.337. The lowest BCUT2D eigenvalue weighted by Gasteiger charge is -1.77. The normalized spacial score (nSPS) is 10.1. The van der Waals surface area contributed by atoms with Gasteiger partial charge in [-0.05, 0) is 0 Å². The molecule has 0 aromatic carbocycles. The minimum Gasteiger partial charge on any atom is -0.339 e. The molecule has 3 nitrogen and oxygen atoms in total. The van der Waals surface area contributed by atoms with E-state index in [0.717, 1.165) is 0 Å². The highest BCUT2D eigenvalue weighted by Crippen LogP contribution is 1.88. The average Bonchev–Trinajstić information content (AvgIpc) is 2.14. The number of hydrogen-bond donors (Lipinski definition) is 0. The zero-order valence-corrected chi connectivity index (χ0v) is 5.30. The number of hydrogen-bond acceptors (Lipinski definition) is 2. The van der Waals surface area contributed by atoms with Gasteiger partial charge in [-0.15, -0.1) is 0 Å². The van der Waals surface area contributed by atoms with Crippen LogP contribution in [-0.2, 0) is 11.6 Å². The van der Waals surface area contributed by atoms with Crippen LogP contribution in [0.4, 0.5) is 0 Å². The van der Waals surface area contributed by atoms with Gasteiger partial charge in [-0.3, -0.25) is 4.57 Å². The Kier molecular flexibility index (Phi) is 1.40. The Morgan fingerprint density at radius 3 is 2.88 bits per heavy atom. The Bertz CT molecular complexity index is 196. The molecule has 0 fully saturated rings. The summed E-state index contributed by atoms with van der Waals surface area (Å²) in [6, 6.07) is 0. The molecule has 1 rings (SSSR count). The van der Waals surface area contributed by atoms with Gasteiger partial charge in [-0.1, -0.05) is 0 Å². The van der Waals surface area contributed by atoms with Crippen molar-refractivity contribution < 1.29 is 4.57 Å². The van der Waals surface area contributed by atoms with Crippen molar-refractivity contribution in [2.45, 2.75) is 0 Å². The van der Waals surface area contributed by atoms with Crippen LogP contribution in [0.1, 0.15) is 0 Å². The largest absolute Gasteiger partial charge is 0.339 e. The van der Waals surface area contributed by atoms with E-state index in [9.17, 15) is 4.57 Å². The molecule has 4 heteroatoms. The summed E-state index contributed by atoms with van der Waals surface area (Å²) in [6.45, 7) is 0. The third-order valence-corrected chi connectivity index (χ3v) is 1.20. The van der Waals surface area contributed by atoms with Crippen LogP contribution in [0.5, 0.6) is 0 Å². The standard InChI is InChI=1S/C4H5N2OP/c1-6-2-4(8-7)5-3-6/h2-3H,1H3. The molecule has 0 saturated carbocycles. The fourth-order valence-corrected chi connectivity index (χ4v) is 0.774. The molecule has 1 aromatic heterocycles. The second kappa shape index (κ2) is 2.05. The van der Waals surface area contributed by atoms with Crippen molar-refractivity contribution in [3.8, 4) is 0 Å². The Hall–Kier alpha value is -0.690. The van der Waals surface area contributed by atoms with E-state index in [1.54, 1.807) is 17.1 Å². The van der Waals surface area contributed by atoms with Crippen LogP contribution in [0.15, 0.2) is 12.5 Å². The molecule has 0 aliphatic rings. The summed E-state index contributed by atoms with van der Waals surface area (Å²) >= 11 is 0. The zero-order valence-electron chi connectivity index (χ0n) is 4.40. The molecule has 0 N–H and O–H groups in total. The van der Waals surface area contributed by atoms with Gasteiger partial charge in [0.25, 0.3) is 0 Å². The van der Waals surface area contributed by atoms with Gasteiger partial charge in [-0.2, -0.15) is 0 Å². The lowest BCUT2D eigenvalue weighted by Crippen LogP contribution is -1.88. The van der Waals surface area contributed by atoms with E-state index in [-0.39, 0.29) is 8.46 Å². The lowest BCUT2D eigenvalue weighted by atomic mass is 10.9. The van der Waals surface area contributed by atoms with Gasteiger partial charge in [-0.25, -0.2) is 4.98 Å². The molecule has 0 bridgehead atoms. The van der Waals surface area contributed by atoms with Gasteiger partial charge in [0, 0.05) is 13.2 Å². The minimum absolute atomic E-state index is 0.0117. The van der Waals surface area contributed by atoms with Crippen molar-refractivity contribution in [1.29, 1.82) is 0 Å². The highest BCUT2D eigenvalue weighted by atomic mass is 31.1. The van der Waals surface area contributed by atoms with Crippen LogP contribution in [0, 0.1) is 0 Å². The Morgan fingerprint density at radius 2 is 2.62 bits per heavy atom. The van der Waals surface area contributed by atoms with Crippen molar-refractivity contribution >= 4 is 13.9 Å². The molecule has 0 aliphatic carbocycles. The van der Waals surface area contributed by atoms with Gasteiger partial charge < -0.3 is 4.57 Å². The first kappa shape index (κ1) is 5.45. The maximum Gasteiger partial charge on any atom is 0.214 e. The van der Waals surface area contributed by atoms with E-state index >= 15 is 0 Å². The molecule has 0 amide bonds. The second-order valence-electron chi connectivity index (χ2n) is 1.49. The Morgan fingerprint density at radius 1 is 1.88 bits per heavy atom. The van der Waals surface area contributed by atoms with E-state index < -0.39 is 0 Å². The topological polar surface area (TPSA) is 34.9 Å². The summed E-state index contributed by atoms with van der Waals surface area (Å²) in [5, 5.41) is 0. The van der Waals surface area contributed by atoms with Crippen molar-refractivity contribution in [3.63, 3.8) is 0 Å². The van der Waals surface area contributed by atoms with Crippen LogP contribution in [0.2, 0.25) is 0 Å². The molecular weight excluding hydrogens is 123 g/mol. The first-order chi connectivity index (χ1) is 3.83. The molecular formula is C4H5N2OP. The summed E-state index contributed by atoms with van der Waals surface area (Å²) < 4.78 is 11.8. The molecule has 0 spiro atoms.